The van der Waals surface area contributed by atoms with E-state index in [9.17, 15) is 4.79 Å². The number of rotatable bonds is 2. The number of hydrogen-bond acceptors (Lipinski definition) is 3. The highest BCUT2D eigenvalue weighted by Crippen LogP contribution is 2.40. The summed E-state index contributed by atoms with van der Waals surface area (Å²) in [6.07, 6.45) is 7.20. The van der Waals surface area contributed by atoms with Crippen molar-refractivity contribution < 1.29 is 9.53 Å². The molecule has 1 atom stereocenters. The molecule has 0 saturated heterocycles. The van der Waals surface area contributed by atoms with E-state index in [4.69, 9.17) is 4.74 Å². The highest BCUT2D eigenvalue weighted by atomic mass is 16.5. The van der Waals surface area contributed by atoms with E-state index in [0.717, 1.165) is 19.3 Å². The number of pyridine rings is 1. The van der Waals surface area contributed by atoms with Crippen molar-refractivity contribution in [2.24, 2.45) is 5.92 Å². The standard InChI is InChI=1S/C18H19NO2/c1-21-18(20)13-5-4-12-6-16-10-19-17(11-2-3-11)9-15(16)8-14(12)7-13/h6,8-11,13H,2-5,7H2,1H3. The monoisotopic (exact) mass is 281 g/mol. The summed E-state index contributed by atoms with van der Waals surface area (Å²) in [4.78, 5) is 16.4. The van der Waals surface area contributed by atoms with Crippen molar-refractivity contribution in [3.8, 4) is 0 Å². The average Bonchev–Trinajstić information content (AvgIpc) is 3.36. The fourth-order valence-electron chi connectivity index (χ4n) is 3.40. The maximum absolute atomic E-state index is 11.8. The van der Waals surface area contributed by atoms with Crippen LogP contribution in [0.5, 0.6) is 0 Å². The predicted octanol–water partition coefficient (Wildman–Crippen LogP) is 3.39. The van der Waals surface area contributed by atoms with Gasteiger partial charge in [0.05, 0.1) is 13.0 Å². The summed E-state index contributed by atoms with van der Waals surface area (Å²) in [5.41, 5.74) is 3.89. The van der Waals surface area contributed by atoms with Gasteiger partial charge in [-0.3, -0.25) is 9.78 Å². The maximum atomic E-state index is 11.8. The second kappa shape index (κ2) is 4.83. The molecular weight excluding hydrogens is 262 g/mol. The largest absolute Gasteiger partial charge is 0.469 e. The van der Waals surface area contributed by atoms with Gasteiger partial charge in [-0.25, -0.2) is 0 Å². The minimum Gasteiger partial charge on any atom is -0.469 e. The smallest absolute Gasteiger partial charge is 0.309 e. The van der Waals surface area contributed by atoms with Gasteiger partial charge in [0.15, 0.2) is 0 Å². The zero-order chi connectivity index (χ0) is 14.4. The number of hydrogen-bond donors (Lipinski definition) is 0. The van der Waals surface area contributed by atoms with Crippen LogP contribution in [0.3, 0.4) is 0 Å². The molecule has 1 saturated carbocycles. The fourth-order valence-corrected chi connectivity index (χ4v) is 3.40. The summed E-state index contributed by atoms with van der Waals surface area (Å²) in [5.74, 6) is 0.618. The van der Waals surface area contributed by atoms with Gasteiger partial charge in [0, 0.05) is 23.2 Å². The van der Waals surface area contributed by atoms with E-state index in [1.807, 2.05) is 6.20 Å². The molecule has 0 amide bonds. The first kappa shape index (κ1) is 12.8. The zero-order valence-corrected chi connectivity index (χ0v) is 12.3. The van der Waals surface area contributed by atoms with E-state index < -0.39 is 0 Å². The Morgan fingerprint density at radius 3 is 2.71 bits per heavy atom. The highest BCUT2D eigenvalue weighted by molar-refractivity contribution is 5.84. The topological polar surface area (TPSA) is 39.2 Å². The quantitative estimate of drug-likeness (QED) is 0.792. The molecule has 2 aromatic rings. The molecule has 108 valence electrons. The van der Waals surface area contributed by atoms with Crippen molar-refractivity contribution >= 4 is 16.7 Å². The van der Waals surface area contributed by atoms with Gasteiger partial charge in [0.1, 0.15) is 0 Å². The van der Waals surface area contributed by atoms with Crippen molar-refractivity contribution in [3.63, 3.8) is 0 Å². The third-order valence-electron chi connectivity index (χ3n) is 4.82. The van der Waals surface area contributed by atoms with Crippen molar-refractivity contribution in [1.82, 2.24) is 4.98 Å². The van der Waals surface area contributed by atoms with Crippen LogP contribution < -0.4 is 0 Å². The van der Waals surface area contributed by atoms with Crippen LogP contribution in [0.15, 0.2) is 24.4 Å². The summed E-state index contributed by atoms with van der Waals surface area (Å²) in [5, 5.41) is 2.48. The number of methoxy groups -OCH3 is 1. The lowest BCUT2D eigenvalue weighted by atomic mass is 9.83. The first-order valence-electron chi connectivity index (χ1n) is 7.74. The van der Waals surface area contributed by atoms with E-state index in [-0.39, 0.29) is 11.9 Å². The number of fused-ring (bicyclic) bond motifs is 2. The second-order valence-electron chi connectivity index (χ2n) is 6.31. The van der Waals surface area contributed by atoms with E-state index in [0.29, 0.717) is 5.92 Å². The molecule has 4 rings (SSSR count). The Morgan fingerprint density at radius 2 is 1.95 bits per heavy atom. The molecule has 1 heterocycles. The number of esters is 1. The number of carbonyl (C=O) groups excluding carboxylic acids is 1. The molecule has 1 unspecified atom stereocenters. The van der Waals surface area contributed by atoms with Crippen LogP contribution in [0, 0.1) is 5.92 Å². The molecule has 3 nitrogen and oxygen atoms in total. The normalized spacial score (nSPS) is 21.1. The van der Waals surface area contributed by atoms with Gasteiger partial charge in [-0.1, -0.05) is 6.07 Å². The van der Waals surface area contributed by atoms with E-state index in [2.05, 4.69) is 23.2 Å². The molecule has 0 radical (unpaired) electrons. The summed E-state index contributed by atoms with van der Waals surface area (Å²) >= 11 is 0. The Bertz CT molecular complexity index is 718. The average molecular weight is 281 g/mol. The van der Waals surface area contributed by atoms with Crippen LogP contribution in [0.25, 0.3) is 10.8 Å². The molecule has 21 heavy (non-hydrogen) atoms. The van der Waals surface area contributed by atoms with Gasteiger partial charge < -0.3 is 4.74 Å². The van der Waals surface area contributed by atoms with Crippen molar-refractivity contribution in [2.45, 2.75) is 38.0 Å². The Balaban J connectivity index is 1.72. The molecule has 1 fully saturated rings. The maximum Gasteiger partial charge on any atom is 0.309 e. The summed E-state index contributed by atoms with van der Waals surface area (Å²) in [7, 11) is 1.48. The lowest BCUT2D eigenvalue weighted by Gasteiger charge is -2.23. The molecule has 0 spiro atoms. The van der Waals surface area contributed by atoms with Crippen LogP contribution in [0.4, 0.5) is 0 Å². The Labute approximate surface area is 124 Å². The fraction of sp³-hybridized carbons (Fsp3) is 0.444. The predicted molar refractivity (Wildman–Crippen MR) is 81.2 cm³/mol. The second-order valence-corrected chi connectivity index (χ2v) is 6.31. The van der Waals surface area contributed by atoms with Crippen molar-refractivity contribution in [2.75, 3.05) is 7.11 Å². The molecule has 0 aliphatic heterocycles. The van der Waals surface area contributed by atoms with Crippen LogP contribution in [-0.2, 0) is 22.4 Å². The van der Waals surface area contributed by atoms with Gasteiger partial charge in [-0.2, -0.15) is 0 Å². The Morgan fingerprint density at radius 1 is 1.14 bits per heavy atom. The number of ether oxygens (including phenoxy) is 1. The van der Waals surface area contributed by atoms with E-state index in [1.165, 1.54) is 47.5 Å². The van der Waals surface area contributed by atoms with Crippen LogP contribution in [0.2, 0.25) is 0 Å². The van der Waals surface area contributed by atoms with Crippen molar-refractivity contribution in [1.29, 1.82) is 0 Å². The van der Waals surface area contributed by atoms with Crippen LogP contribution in [0.1, 0.15) is 42.0 Å². The minimum absolute atomic E-state index is 0.0182. The molecule has 0 N–H and O–H groups in total. The molecule has 0 bridgehead atoms. The van der Waals surface area contributed by atoms with E-state index in [1.54, 1.807) is 0 Å². The SMILES string of the molecule is COC(=O)C1CCc2cc3cnc(C4CC4)cc3cc2C1. The van der Waals surface area contributed by atoms with Gasteiger partial charge in [-0.05, 0) is 60.7 Å². The van der Waals surface area contributed by atoms with Crippen LogP contribution >= 0.6 is 0 Å². The first-order chi connectivity index (χ1) is 10.2. The Kier molecular flexibility index (Phi) is 2.95. The third kappa shape index (κ3) is 2.31. The van der Waals surface area contributed by atoms with Gasteiger partial charge in [0.2, 0.25) is 0 Å². The van der Waals surface area contributed by atoms with Gasteiger partial charge in [0.25, 0.3) is 0 Å². The number of benzene rings is 1. The molecule has 3 heteroatoms. The summed E-state index contributed by atoms with van der Waals surface area (Å²) in [6, 6.07) is 6.74. The highest BCUT2D eigenvalue weighted by Gasteiger charge is 2.27. The molecule has 1 aromatic heterocycles. The van der Waals surface area contributed by atoms with Crippen molar-refractivity contribution in [3.05, 3.63) is 41.2 Å². The van der Waals surface area contributed by atoms with Gasteiger partial charge in [-0.15, -0.1) is 0 Å². The third-order valence-corrected chi connectivity index (χ3v) is 4.82. The zero-order valence-electron chi connectivity index (χ0n) is 12.3. The number of carbonyl (C=O) groups is 1. The lowest BCUT2D eigenvalue weighted by Crippen LogP contribution is -2.23. The number of nitrogens with zero attached hydrogens (tertiary/aromatic N) is 1. The Hall–Kier alpha value is -1.90. The molecule has 2 aliphatic carbocycles. The van der Waals surface area contributed by atoms with Crippen LogP contribution in [-0.4, -0.2) is 18.1 Å². The molecular formula is C18H19NO2. The summed E-state index contributed by atoms with van der Waals surface area (Å²) in [6.45, 7) is 0. The van der Waals surface area contributed by atoms with Gasteiger partial charge >= 0.3 is 5.97 Å². The minimum atomic E-state index is -0.0749. The number of aromatic nitrogens is 1. The summed E-state index contributed by atoms with van der Waals surface area (Å²) < 4.78 is 4.90. The number of aryl methyl sites for hydroxylation is 1. The lowest BCUT2D eigenvalue weighted by molar-refractivity contribution is -0.145. The first-order valence-corrected chi connectivity index (χ1v) is 7.74. The molecule has 1 aromatic carbocycles. The molecule has 2 aliphatic rings. The van der Waals surface area contributed by atoms with E-state index >= 15 is 0 Å².